The minimum atomic E-state index is -3.37. The molecule has 0 amide bonds. The van der Waals surface area contributed by atoms with E-state index in [0.717, 1.165) is 37.1 Å². The molecule has 7 nitrogen and oxygen atoms in total. The minimum absolute atomic E-state index is 0.0416. The molecule has 0 saturated heterocycles. The Balaban J connectivity index is 1.47. The van der Waals surface area contributed by atoms with Crippen molar-refractivity contribution in [2.24, 2.45) is 0 Å². The molecular formula is C24H26F3N5O2S. The number of aromatic nitrogens is 2. The van der Waals surface area contributed by atoms with Crippen molar-refractivity contribution >= 4 is 27.3 Å². The first kappa shape index (κ1) is 24.8. The Morgan fingerprint density at radius 1 is 1.03 bits per heavy atom. The molecule has 1 aliphatic rings. The second kappa shape index (κ2) is 9.73. The molecule has 1 saturated carbocycles. The van der Waals surface area contributed by atoms with E-state index in [1.54, 1.807) is 36.4 Å². The van der Waals surface area contributed by atoms with Gasteiger partial charge in [0.25, 0.3) is 5.92 Å². The Hall–Kier alpha value is -3.34. The van der Waals surface area contributed by atoms with E-state index in [2.05, 4.69) is 20.0 Å². The smallest absolute Gasteiger partial charge is 0.270 e. The quantitative estimate of drug-likeness (QED) is 0.409. The Bertz CT molecular complexity index is 1280. The van der Waals surface area contributed by atoms with Crippen LogP contribution >= 0.6 is 0 Å². The molecule has 1 fully saturated rings. The van der Waals surface area contributed by atoms with E-state index in [0.29, 0.717) is 12.2 Å². The van der Waals surface area contributed by atoms with E-state index in [9.17, 15) is 17.2 Å². The van der Waals surface area contributed by atoms with E-state index < -0.39 is 21.8 Å². The number of anilines is 3. The van der Waals surface area contributed by atoms with Crippen LogP contribution in [0.1, 0.15) is 36.5 Å². The van der Waals surface area contributed by atoms with Crippen molar-refractivity contribution in [1.29, 1.82) is 0 Å². The third-order valence-electron chi connectivity index (χ3n) is 5.56. The number of hydrogen-bond donors (Lipinski definition) is 2. The van der Waals surface area contributed by atoms with Gasteiger partial charge in [0.15, 0.2) is 11.6 Å². The monoisotopic (exact) mass is 505 g/mol. The van der Waals surface area contributed by atoms with Crippen LogP contribution in [0.5, 0.6) is 0 Å². The number of alkyl halides is 2. The topological polar surface area (TPSA) is 87.2 Å². The Morgan fingerprint density at radius 2 is 1.66 bits per heavy atom. The summed E-state index contributed by atoms with van der Waals surface area (Å²) in [6, 6.07) is 12.8. The van der Waals surface area contributed by atoms with Crippen LogP contribution in [-0.4, -0.2) is 30.7 Å². The van der Waals surface area contributed by atoms with Crippen LogP contribution in [0.25, 0.3) is 0 Å². The largest absolute Gasteiger partial charge is 0.363 e. The number of nitrogens with zero attached hydrogens (tertiary/aromatic N) is 3. The SMILES string of the molecule is CC(F)(F)c1ccc(CN(c2ncnc(NCc3ccc(NS(C)(=O)=O)cc3)c2F)C2CC2)cc1. The molecule has 0 radical (unpaired) electrons. The summed E-state index contributed by atoms with van der Waals surface area (Å²) in [4.78, 5) is 10.0. The average Bonchev–Trinajstić information content (AvgIpc) is 3.62. The summed E-state index contributed by atoms with van der Waals surface area (Å²) in [6.45, 7) is 1.45. The maximum absolute atomic E-state index is 15.4. The third-order valence-corrected chi connectivity index (χ3v) is 6.17. The lowest BCUT2D eigenvalue weighted by molar-refractivity contribution is 0.0174. The molecule has 1 aromatic heterocycles. The predicted octanol–water partition coefficient (Wildman–Crippen LogP) is 4.88. The van der Waals surface area contributed by atoms with Gasteiger partial charge in [0.2, 0.25) is 15.8 Å². The molecule has 0 bridgehead atoms. The molecule has 0 spiro atoms. The third kappa shape index (κ3) is 6.62. The Morgan fingerprint density at radius 3 is 2.23 bits per heavy atom. The second-order valence-corrected chi connectivity index (χ2v) is 10.5. The zero-order valence-electron chi connectivity index (χ0n) is 19.3. The van der Waals surface area contributed by atoms with E-state index in [1.807, 2.05) is 4.90 Å². The lowest BCUT2D eigenvalue weighted by Crippen LogP contribution is -2.27. The molecule has 2 aromatic carbocycles. The molecular weight excluding hydrogens is 479 g/mol. The fraction of sp³-hybridized carbons (Fsp3) is 0.333. The predicted molar refractivity (Wildman–Crippen MR) is 129 cm³/mol. The van der Waals surface area contributed by atoms with Gasteiger partial charge >= 0.3 is 0 Å². The maximum atomic E-state index is 15.4. The van der Waals surface area contributed by atoms with Crippen LogP contribution in [0.15, 0.2) is 54.9 Å². The zero-order chi connectivity index (χ0) is 25.2. The van der Waals surface area contributed by atoms with Crippen molar-refractivity contribution in [1.82, 2.24) is 9.97 Å². The Labute approximate surface area is 202 Å². The van der Waals surface area contributed by atoms with Crippen molar-refractivity contribution in [3.05, 3.63) is 77.4 Å². The molecule has 1 heterocycles. The van der Waals surface area contributed by atoms with E-state index in [1.165, 1.54) is 18.5 Å². The Kier molecular flexibility index (Phi) is 6.88. The van der Waals surface area contributed by atoms with Crippen LogP contribution in [-0.2, 0) is 29.0 Å². The van der Waals surface area contributed by atoms with Gasteiger partial charge in [-0.25, -0.2) is 27.2 Å². The summed E-state index contributed by atoms with van der Waals surface area (Å²) < 4.78 is 67.5. The molecule has 3 aromatic rings. The van der Waals surface area contributed by atoms with Gasteiger partial charge in [-0.2, -0.15) is 4.39 Å². The molecule has 35 heavy (non-hydrogen) atoms. The molecule has 0 atom stereocenters. The van der Waals surface area contributed by atoms with Crippen LogP contribution in [0.2, 0.25) is 0 Å². The van der Waals surface area contributed by atoms with E-state index in [4.69, 9.17) is 0 Å². The van der Waals surface area contributed by atoms with Crippen LogP contribution in [0.3, 0.4) is 0 Å². The van der Waals surface area contributed by atoms with Crippen molar-refractivity contribution in [2.45, 2.75) is 44.8 Å². The second-order valence-electron chi connectivity index (χ2n) is 8.73. The van der Waals surface area contributed by atoms with Gasteiger partial charge in [-0.05, 0) is 36.1 Å². The number of benzene rings is 2. The van der Waals surface area contributed by atoms with Crippen LogP contribution in [0.4, 0.5) is 30.5 Å². The van der Waals surface area contributed by atoms with Gasteiger partial charge in [0.1, 0.15) is 6.33 Å². The highest BCUT2D eigenvalue weighted by Gasteiger charge is 2.33. The van der Waals surface area contributed by atoms with Gasteiger partial charge in [0.05, 0.1) is 6.26 Å². The summed E-state index contributed by atoms with van der Waals surface area (Å²) in [5.41, 5.74) is 1.94. The van der Waals surface area contributed by atoms with Crippen LogP contribution < -0.4 is 14.9 Å². The van der Waals surface area contributed by atoms with Gasteiger partial charge in [-0.3, -0.25) is 4.72 Å². The molecule has 186 valence electrons. The summed E-state index contributed by atoms with van der Waals surface area (Å²) in [5, 5.41) is 2.96. The highest BCUT2D eigenvalue weighted by molar-refractivity contribution is 7.92. The number of hydrogen-bond acceptors (Lipinski definition) is 6. The number of rotatable bonds is 10. The van der Waals surface area contributed by atoms with Crippen molar-refractivity contribution < 1.29 is 21.6 Å². The van der Waals surface area contributed by atoms with Gasteiger partial charge in [0, 0.05) is 37.3 Å². The molecule has 0 unspecified atom stereocenters. The molecule has 4 rings (SSSR count). The highest BCUT2D eigenvalue weighted by Crippen LogP contribution is 2.35. The lowest BCUT2D eigenvalue weighted by atomic mass is 10.1. The summed E-state index contributed by atoms with van der Waals surface area (Å²) in [5.74, 6) is -3.31. The lowest BCUT2D eigenvalue weighted by Gasteiger charge is -2.25. The zero-order valence-corrected chi connectivity index (χ0v) is 20.1. The minimum Gasteiger partial charge on any atom is -0.363 e. The highest BCUT2D eigenvalue weighted by atomic mass is 32.2. The molecule has 1 aliphatic carbocycles. The molecule has 11 heteroatoms. The van der Waals surface area contributed by atoms with Gasteiger partial charge in [-0.1, -0.05) is 36.4 Å². The first-order valence-corrected chi connectivity index (χ1v) is 12.9. The number of nitrogens with one attached hydrogen (secondary N) is 2. The van der Waals surface area contributed by atoms with E-state index >= 15 is 4.39 Å². The van der Waals surface area contributed by atoms with Gasteiger partial charge in [-0.15, -0.1) is 0 Å². The van der Waals surface area contributed by atoms with Crippen molar-refractivity contribution in [3.8, 4) is 0 Å². The van der Waals surface area contributed by atoms with Crippen molar-refractivity contribution in [2.75, 3.05) is 21.2 Å². The maximum Gasteiger partial charge on any atom is 0.270 e. The van der Waals surface area contributed by atoms with Crippen LogP contribution in [0, 0.1) is 5.82 Å². The average molecular weight is 506 g/mol. The van der Waals surface area contributed by atoms with Crippen molar-refractivity contribution in [3.63, 3.8) is 0 Å². The molecule has 0 aliphatic heterocycles. The summed E-state index contributed by atoms with van der Waals surface area (Å²) >= 11 is 0. The fourth-order valence-corrected chi connectivity index (χ4v) is 4.20. The molecule has 2 N–H and O–H groups in total. The standard InChI is InChI=1S/C24H26F3N5O2S/c1-24(26,27)18-7-3-17(4-8-18)14-32(20-11-12-20)23-21(25)22(29-15-30-23)28-13-16-5-9-19(10-6-16)31-35(2,33)34/h3-10,15,20,31H,11-14H2,1-2H3,(H,28,29,30). The normalized spacial score (nSPS) is 14.0. The van der Waals surface area contributed by atoms with E-state index in [-0.39, 0.29) is 29.8 Å². The first-order valence-electron chi connectivity index (χ1n) is 11.0. The summed E-state index contributed by atoms with van der Waals surface area (Å²) in [7, 11) is -3.37. The number of sulfonamides is 1. The van der Waals surface area contributed by atoms with Gasteiger partial charge < -0.3 is 10.2 Å². The summed E-state index contributed by atoms with van der Waals surface area (Å²) in [6.07, 6.45) is 4.15. The first-order chi connectivity index (χ1) is 16.5. The fourth-order valence-electron chi connectivity index (χ4n) is 3.64. The number of halogens is 3.